The van der Waals surface area contributed by atoms with Gasteiger partial charge < -0.3 is 37.2 Å². The minimum atomic E-state index is -1.52. The van der Waals surface area contributed by atoms with Gasteiger partial charge in [0.05, 0.1) is 11.9 Å². The summed E-state index contributed by atoms with van der Waals surface area (Å²) < 4.78 is 0. The Morgan fingerprint density at radius 1 is 1.06 bits per heavy atom. The maximum atomic E-state index is 10.3. The van der Waals surface area contributed by atoms with Crippen molar-refractivity contribution in [3.63, 3.8) is 0 Å². The van der Waals surface area contributed by atoms with Crippen LogP contribution in [0.2, 0.25) is 0 Å². The SMILES string of the molecule is CCO.O=C([O-])c1ccccc1C(=O)[O-].[NH4+].[NH4+]. The van der Waals surface area contributed by atoms with E-state index in [-0.39, 0.29) is 30.0 Å². The molecule has 0 atom stereocenters. The van der Waals surface area contributed by atoms with E-state index in [0.717, 1.165) is 12.1 Å². The van der Waals surface area contributed by atoms with E-state index in [9.17, 15) is 19.8 Å². The summed E-state index contributed by atoms with van der Waals surface area (Å²) in [5.74, 6) is -3.04. The highest BCUT2D eigenvalue weighted by Crippen LogP contribution is 2.05. The highest BCUT2D eigenvalue weighted by Gasteiger charge is 2.01. The van der Waals surface area contributed by atoms with Crippen LogP contribution in [0.1, 0.15) is 27.6 Å². The third-order valence-corrected chi connectivity index (χ3v) is 1.37. The Morgan fingerprint density at radius 3 is 1.47 bits per heavy atom. The van der Waals surface area contributed by atoms with Crippen LogP contribution >= 0.6 is 0 Å². The van der Waals surface area contributed by atoms with Crippen LogP contribution in [0.4, 0.5) is 0 Å². The van der Waals surface area contributed by atoms with Gasteiger partial charge in [-0.15, -0.1) is 0 Å². The standard InChI is InChI=1S/C8H6O4.C2H6O.2H3N/c9-7(10)5-3-1-2-4-6(5)8(11)12;1-2-3;;/h1-4H,(H,9,10)(H,11,12);3H,2H2,1H3;2*1H3. The molecule has 17 heavy (non-hydrogen) atoms. The minimum Gasteiger partial charge on any atom is -0.545 e. The molecular weight excluding hydrogens is 228 g/mol. The lowest BCUT2D eigenvalue weighted by Crippen LogP contribution is -2.29. The van der Waals surface area contributed by atoms with Gasteiger partial charge in [-0.25, -0.2) is 0 Å². The molecular formula is C10H18N2O5. The fourth-order valence-corrected chi connectivity index (χ4v) is 0.839. The largest absolute Gasteiger partial charge is 0.545 e. The van der Waals surface area contributed by atoms with Gasteiger partial charge in [0.2, 0.25) is 0 Å². The van der Waals surface area contributed by atoms with Crippen molar-refractivity contribution in [2.45, 2.75) is 6.92 Å². The van der Waals surface area contributed by atoms with Gasteiger partial charge in [0.25, 0.3) is 0 Å². The zero-order chi connectivity index (χ0) is 11.8. The summed E-state index contributed by atoms with van der Waals surface area (Å²) in [7, 11) is 0. The fourth-order valence-electron chi connectivity index (χ4n) is 0.839. The van der Waals surface area contributed by atoms with Crippen molar-refractivity contribution in [2.24, 2.45) is 0 Å². The molecule has 0 bridgehead atoms. The normalized spacial score (nSPS) is 7.65. The summed E-state index contributed by atoms with van der Waals surface area (Å²) in [6.45, 7) is 1.93. The first kappa shape index (κ1) is 20.5. The van der Waals surface area contributed by atoms with Gasteiger partial charge in [-0.1, -0.05) is 24.3 Å². The molecule has 9 N–H and O–H groups in total. The maximum absolute atomic E-state index is 10.3. The molecule has 0 aliphatic rings. The van der Waals surface area contributed by atoms with E-state index in [2.05, 4.69) is 0 Å². The van der Waals surface area contributed by atoms with E-state index < -0.39 is 11.9 Å². The van der Waals surface area contributed by atoms with Gasteiger partial charge in [-0.05, 0) is 6.92 Å². The monoisotopic (exact) mass is 246 g/mol. The first-order valence-corrected chi connectivity index (χ1v) is 4.17. The number of rotatable bonds is 2. The average Bonchev–Trinajstić information content (AvgIpc) is 2.19. The molecule has 0 radical (unpaired) electrons. The zero-order valence-electron chi connectivity index (χ0n) is 10.1. The molecule has 0 unspecified atom stereocenters. The Bertz CT molecular complexity index is 321. The van der Waals surface area contributed by atoms with E-state index >= 15 is 0 Å². The Balaban J connectivity index is -0.000000356. The Hall–Kier alpha value is -1.96. The third kappa shape index (κ3) is 7.01. The molecule has 1 aromatic carbocycles. The van der Waals surface area contributed by atoms with Crippen molar-refractivity contribution in [3.05, 3.63) is 35.4 Å². The van der Waals surface area contributed by atoms with Crippen molar-refractivity contribution in [1.29, 1.82) is 0 Å². The van der Waals surface area contributed by atoms with Crippen LogP contribution in [0, 0.1) is 0 Å². The molecule has 1 aromatic rings. The maximum Gasteiger partial charge on any atom is 0.0721 e. The number of carbonyl (C=O) groups is 2. The van der Waals surface area contributed by atoms with Gasteiger partial charge in [0.15, 0.2) is 0 Å². The van der Waals surface area contributed by atoms with Crippen LogP contribution in [-0.4, -0.2) is 23.7 Å². The van der Waals surface area contributed by atoms with E-state index in [1.165, 1.54) is 12.1 Å². The van der Waals surface area contributed by atoms with Crippen LogP contribution in [0.25, 0.3) is 0 Å². The average molecular weight is 246 g/mol. The summed E-state index contributed by atoms with van der Waals surface area (Å²) in [5, 5.41) is 28.2. The number of hydrogen-bond donors (Lipinski definition) is 3. The van der Waals surface area contributed by atoms with E-state index in [4.69, 9.17) is 5.11 Å². The molecule has 0 saturated carbocycles. The van der Waals surface area contributed by atoms with Crippen LogP contribution in [0.3, 0.4) is 0 Å². The lowest BCUT2D eigenvalue weighted by atomic mass is 10.1. The summed E-state index contributed by atoms with van der Waals surface area (Å²) >= 11 is 0. The van der Waals surface area contributed by atoms with Gasteiger partial charge in [0.1, 0.15) is 0 Å². The number of aliphatic hydroxyl groups is 1. The molecule has 1 rings (SSSR count). The summed E-state index contributed by atoms with van der Waals surface area (Å²) in [6, 6.07) is 5.14. The quantitative estimate of drug-likeness (QED) is 0.615. The van der Waals surface area contributed by atoms with Crippen molar-refractivity contribution in [1.82, 2.24) is 12.3 Å². The zero-order valence-corrected chi connectivity index (χ0v) is 10.1. The molecule has 0 aliphatic heterocycles. The van der Waals surface area contributed by atoms with E-state index in [0.29, 0.717) is 0 Å². The van der Waals surface area contributed by atoms with Crippen LogP contribution < -0.4 is 22.5 Å². The molecule has 0 spiro atoms. The number of hydrogen-bond acceptors (Lipinski definition) is 5. The second-order valence-corrected chi connectivity index (χ2v) is 2.44. The van der Waals surface area contributed by atoms with Crippen LogP contribution in [0.5, 0.6) is 0 Å². The molecule has 0 aromatic heterocycles. The molecule has 7 nitrogen and oxygen atoms in total. The van der Waals surface area contributed by atoms with Crippen molar-refractivity contribution in [3.8, 4) is 0 Å². The summed E-state index contributed by atoms with van der Waals surface area (Å²) in [6.07, 6.45) is 0. The van der Waals surface area contributed by atoms with Crippen molar-refractivity contribution in [2.75, 3.05) is 6.61 Å². The Kier molecular flexibility index (Phi) is 12.7. The molecule has 0 amide bonds. The van der Waals surface area contributed by atoms with Gasteiger partial charge in [0, 0.05) is 17.7 Å². The molecule has 0 saturated heterocycles. The predicted octanol–water partition coefficient (Wildman–Crippen LogP) is -0.835. The van der Waals surface area contributed by atoms with Gasteiger partial charge >= 0.3 is 0 Å². The summed E-state index contributed by atoms with van der Waals surface area (Å²) in [4.78, 5) is 20.6. The topological polar surface area (TPSA) is 173 Å². The second-order valence-electron chi connectivity index (χ2n) is 2.44. The number of carbonyl (C=O) groups excluding carboxylic acids is 2. The lowest BCUT2D eigenvalue weighted by Gasteiger charge is -2.09. The Morgan fingerprint density at radius 2 is 1.29 bits per heavy atom. The Labute approximate surface area is 98.9 Å². The summed E-state index contributed by atoms with van der Waals surface area (Å²) in [5.41, 5.74) is -0.727. The smallest absolute Gasteiger partial charge is 0.0721 e. The number of carboxylic acids is 2. The van der Waals surface area contributed by atoms with Crippen molar-refractivity contribution < 1.29 is 24.9 Å². The molecule has 0 aliphatic carbocycles. The highest BCUT2D eigenvalue weighted by molar-refractivity contribution is 5.99. The van der Waals surface area contributed by atoms with Gasteiger partial charge in [-0.2, -0.15) is 0 Å². The van der Waals surface area contributed by atoms with E-state index in [1.54, 1.807) is 6.92 Å². The highest BCUT2D eigenvalue weighted by atomic mass is 16.4. The van der Waals surface area contributed by atoms with Crippen molar-refractivity contribution >= 4 is 11.9 Å². The number of quaternary nitrogens is 2. The molecule has 0 fully saturated rings. The number of carboxylic acid groups (broad SMARTS) is 2. The number of aromatic carboxylic acids is 2. The number of aliphatic hydroxyl groups excluding tert-OH is 1. The fraction of sp³-hybridized carbons (Fsp3) is 0.200. The van der Waals surface area contributed by atoms with Crippen LogP contribution in [-0.2, 0) is 0 Å². The van der Waals surface area contributed by atoms with Gasteiger partial charge in [-0.3, -0.25) is 0 Å². The van der Waals surface area contributed by atoms with Crippen LogP contribution in [0.15, 0.2) is 24.3 Å². The molecule has 98 valence electrons. The molecule has 7 heteroatoms. The molecule has 0 heterocycles. The first-order chi connectivity index (χ1) is 7.04. The second kappa shape index (κ2) is 10.6. The number of benzene rings is 1. The lowest BCUT2D eigenvalue weighted by molar-refractivity contribution is -0.259. The minimum absolute atomic E-state index is 0. The third-order valence-electron chi connectivity index (χ3n) is 1.37. The predicted molar refractivity (Wildman–Crippen MR) is 59.8 cm³/mol. The van der Waals surface area contributed by atoms with E-state index in [1.807, 2.05) is 0 Å². The first-order valence-electron chi connectivity index (χ1n) is 4.17.